The van der Waals surface area contributed by atoms with Gasteiger partial charge >= 0.3 is 0 Å². The normalized spacial score (nSPS) is 27.7. The molecule has 0 aromatic rings. The molecule has 1 fully saturated rings. The molecule has 2 heteroatoms. The molecule has 1 aliphatic rings. The van der Waals surface area contributed by atoms with Gasteiger partial charge in [-0.2, -0.15) is 0 Å². The Morgan fingerprint density at radius 2 is 1.83 bits per heavy atom. The lowest BCUT2D eigenvalue weighted by Gasteiger charge is -2.39. The van der Waals surface area contributed by atoms with E-state index in [0.29, 0.717) is 5.41 Å². The van der Waals surface area contributed by atoms with Crippen LogP contribution in [0.2, 0.25) is 0 Å². The number of hydrogen-bond acceptors (Lipinski definition) is 2. The first-order valence-electron chi connectivity index (χ1n) is 7.92. The summed E-state index contributed by atoms with van der Waals surface area (Å²) in [5.74, 6) is 0.883. The van der Waals surface area contributed by atoms with E-state index in [4.69, 9.17) is 0 Å². The molecule has 1 N–H and O–H groups in total. The molecular weight excluding hydrogens is 220 g/mol. The molecule has 1 rings (SSSR count). The average Bonchev–Trinajstić information content (AvgIpc) is 2.26. The molecule has 2 unspecified atom stereocenters. The second kappa shape index (κ2) is 7.49. The van der Waals surface area contributed by atoms with E-state index in [1.807, 2.05) is 0 Å². The standard InChI is InChI=1S/C16H34N2/c1-6-18(7-2)10-8-9-17-15-11-14(3)12-16(4,5)13-15/h14-15,17H,6-13H2,1-5H3. The maximum atomic E-state index is 3.78. The van der Waals surface area contributed by atoms with E-state index in [1.165, 1.54) is 51.9 Å². The molecule has 0 aromatic heterocycles. The fourth-order valence-corrected chi connectivity index (χ4v) is 3.65. The largest absolute Gasteiger partial charge is 0.314 e. The maximum absolute atomic E-state index is 3.78. The van der Waals surface area contributed by atoms with Crippen LogP contribution in [0.3, 0.4) is 0 Å². The smallest absolute Gasteiger partial charge is 0.00746 e. The molecule has 0 aromatic carbocycles. The van der Waals surface area contributed by atoms with E-state index in [0.717, 1.165) is 12.0 Å². The van der Waals surface area contributed by atoms with Gasteiger partial charge in [-0.3, -0.25) is 0 Å². The average molecular weight is 254 g/mol. The molecule has 108 valence electrons. The summed E-state index contributed by atoms with van der Waals surface area (Å²) < 4.78 is 0. The minimum Gasteiger partial charge on any atom is -0.314 e. The van der Waals surface area contributed by atoms with Gasteiger partial charge in [-0.25, -0.2) is 0 Å². The summed E-state index contributed by atoms with van der Waals surface area (Å²) in [6, 6.07) is 0.750. The van der Waals surface area contributed by atoms with Gasteiger partial charge in [0.05, 0.1) is 0 Å². The molecule has 1 aliphatic carbocycles. The van der Waals surface area contributed by atoms with Crippen molar-refractivity contribution in [3.05, 3.63) is 0 Å². The highest BCUT2D eigenvalue weighted by molar-refractivity contribution is 4.86. The van der Waals surface area contributed by atoms with Crippen LogP contribution in [0.25, 0.3) is 0 Å². The van der Waals surface area contributed by atoms with Gasteiger partial charge in [0, 0.05) is 6.04 Å². The van der Waals surface area contributed by atoms with Crippen LogP contribution in [-0.2, 0) is 0 Å². The Morgan fingerprint density at radius 3 is 2.39 bits per heavy atom. The fraction of sp³-hybridized carbons (Fsp3) is 1.00. The summed E-state index contributed by atoms with van der Waals surface area (Å²) in [5.41, 5.74) is 0.536. The monoisotopic (exact) mass is 254 g/mol. The third-order valence-electron chi connectivity index (χ3n) is 4.37. The van der Waals surface area contributed by atoms with E-state index in [9.17, 15) is 0 Å². The third-order valence-corrected chi connectivity index (χ3v) is 4.37. The van der Waals surface area contributed by atoms with Crippen LogP contribution < -0.4 is 5.32 Å². The summed E-state index contributed by atoms with van der Waals surface area (Å²) in [5, 5.41) is 3.78. The summed E-state index contributed by atoms with van der Waals surface area (Å²) in [6.45, 7) is 16.6. The van der Waals surface area contributed by atoms with Crippen LogP contribution in [0.4, 0.5) is 0 Å². The maximum Gasteiger partial charge on any atom is 0.00746 e. The minimum atomic E-state index is 0.536. The SMILES string of the molecule is CCN(CC)CCCNC1CC(C)CC(C)(C)C1. The lowest BCUT2D eigenvalue weighted by Crippen LogP contribution is -2.41. The third kappa shape index (κ3) is 5.71. The Balaban J connectivity index is 2.19. The van der Waals surface area contributed by atoms with Gasteiger partial charge < -0.3 is 10.2 Å². The second-order valence-corrected chi connectivity index (χ2v) is 6.94. The van der Waals surface area contributed by atoms with Gasteiger partial charge in [-0.15, -0.1) is 0 Å². The Hall–Kier alpha value is -0.0800. The highest BCUT2D eigenvalue weighted by Crippen LogP contribution is 2.38. The molecule has 0 amide bonds. The van der Waals surface area contributed by atoms with E-state index >= 15 is 0 Å². The first kappa shape index (κ1) is 16.0. The Bertz CT molecular complexity index is 221. The zero-order valence-electron chi connectivity index (χ0n) is 13.3. The quantitative estimate of drug-likeness (QED) is 0.699. The summed E-state index contributed by atoms with van der Waals surface area (Å²) in [7, 11) is 0. The topological polar surface area (TPSA) is 15.3 Å². The highest BCUT2D eigenvalue weighted by atomic mass is 15.1. The summed E-state index contributed by atoms with van der Waals surface area (Å²) in [6.07, 6.45) is 5.40. The summed E-state index contributed by atoms with van der Waals surface area (Å²) in [4.78, 5) is 2.51. The van der Waals surface area contributed by atoms with E-state index in [2.05, 4.69) is 44.8 Å². The molecule has 0 bridgehead atoms. The molecule has 2 atom stereocenters. The number of nitrogens with zero attached hydrogens (tertiary/aromatic N) is 1. The van der Waals surface area contributed by atoms with Crippen LogP contribution in [-0.4, -0.2) is 37.1 Å². The predicted octanol–water partition coefficient (Wildman–Crippen LogP) is 3.52. The van der Waals surface area contributed by atoms with Crippen LogP contribution in [0.5, 0.6) is 0 Å². The predicted molar refractivity (Wildman–Crippen MR) is 81.0 cm³/mol. The van der Waals surface area contributed by atoms with Gasteiger partial charge in [0.2, 0.25) is 0 Å². The Kier molecular flexibility index (Phi) is 6.65. The van der Waals surface area contributed by atoms with Crippen LogP contribution >= 0.6 is 0 Å². The van der Waals surface area contributed by atoms with Crippen molar-refractivity contribution in [1.29, 1.82) is 0 Å². The van der Waals surface area contributed by atoms with Crippen molar-refractivity contribution < 1.29 is 0 Å². The van der Waals surface area contributed by atoms with Crippen LogP contribution in [0.1, 0.15) is 60.3 Å². The van der Waals surface area contributed by atoms with Gasteiger partial charge in [-0.1, -0.05) is 34.6 Å². The zero-order valence-corrected chi connectivity index (χ0v) is 13.3. The van der Waals surface area contributed by atoms with E-state index < -0.39 is 0 Å². The zero-order chi connectivity index (χ0) is 13.6. The Morgan fingerprint density at radius 1 is 1.17 bits per heavy atom. The van der Waals surface area contributed by atoms with Crippen molar-refractivity contribution in [2.24, 2.45) is 11.3 Å². The van der Waals surface area contributed by atoms with Gasteiger partial charge in [0.25, 0.3) is 0 Å². The first-order chi connectivity index (χ1) is 8.46. The molecule has 1 saturated carbocycles. The number of hydrogen-bond donors (Lipinski definition) is 1. The van der Waals surface area contributed by atoms with Crippen molar-refractivity contribution in [1.82, 2.24) is 10.2 Å². The van der Waals surface area contributed by atoms with E-state index in [1.54, 1.807) is 0 Å². The molecule has 0 aliphatic heterocycles. The molecule has 0 radical (unpaired) electrons. The Labute approximate surface area is 115 Å². The van der Waals surface area contributed by atoms with Crippen molar-refractivity contribution in [3.8, 4) is 0 Å². The van der Waals surface area contributed by atoms with Crippen molar-refractivity contribution >= 4 is 0 Å². The second-order valence-electron chi connectivity index (χ2n) is 6.94. The molecule has 0 heterocycles. The van der Waals surface area contributed by atoms with Crippen LogP contribution in [0, 0.1) is 11.3 Å². The van der Waals surface area contributed by atoms with Crippen molar-refractivity contribution in [2.45, 2.75) is 66.3 Å². The molecule has 0 saturated heterocycles. The number of nitrogens with one attached hydrogen (secondary N) is 1. The fourth-order valence-electron chi connectivity index (χ4n) is 3.65. The highest BCUT2D eigenvalue weighted by Gasteiger charge is 2.31. The van der Waals surface area contributed by atoms with Crippen LogP contribution in [0.15, 0.2) is 0 Å². The molecule has 18 heavy (non-hydrogen) atoms. The first-order valence-corrected chi connectivity index (χ1v) is 7.92. The molecule has 0 spiro atoms. The summed E-state index contributed by atoms with van der Waals surface area (Å²) >= 11 is 0. The molecule has 2 nitrogen and oxygen atoms in total. The van der Waals surface area contributed by atoms with Crippen molar-refractivity contribution in [3.63, 3.8) is 0 Å². The van der Waals surface area contributed by atoms with Gasteiger partial charge in [0.15, 0.2) is 0 Å². The minimum absolute atomic E-state index is 0.536. The van der Waals surface area contributed by atoms with E-state index in [-0.39, 0.29) is 0 Å². The van der Waals surface area contributed by atoms with Crippen molar-refractivity contribution in [2.75, 3.05) is 26.2 Å². The number of rotatable bonds is 7. The van der Waals surface area contributed by atoms with Gasteiger partial charge in [-0.05, 0) is 63.2 Å². The molecular formula is C16H34N2. The lowest BCUT2D eigenvalue weighted by atomic mass is 9.70. The lowest BCUT2D eigenvalue weighted by molar-refractivity contribution is 0.150. The van der Waals surface area contributed by atoms with Gasteiger partial charge in [0.1, 0.15) is 0 Å².